The SMILES string of the molecule is Cc1ccc(CNC(=O)C2(C(=O)NC(C)(C)C)CC2)cc1. The van der Waals surface area contributed by atoms with Gasteiger partial charge in [0.2, 0.25) is 11.8 Å². The molecule has 114 valence electrons. The van der Waals surface area contributed by atoms with Crippen molar-refractivity contribution in [2.75, 3.05) is 0 Å². The Labute approximate surface area is 126 Å². The molecule has 21 heavy (non-hydrogen) atoms. The minimum absolute atomic E-state index is 0.156. The van der Waals surface area contributed by atoms with Crippen molar-refractivity contribution in [3.05, 3.63) is 35.4 Å². The van der Waals surface area contributed by atoms with E-state index in [-0.39, 0.29) is 17.4 Å². The second kappa shape index (κ2) is 5.51. The molecule has 1 aromatic rings. The lowest BCUT2D eigenvalue weighted by Gasteiger charge is -2.24. The predicted molar refractivity (Wildman–Crippen MR) is 82.6 cm³/mol. The van der Waals surface area contributed by atoms with Crippen LogP contribution < -0.4 is 10.6 Å². The third-order valence-electron chi connectivity index (χ3n) is 3.68. The molecule has 1 saturated carbocycles. The molecule has 4 nitrogen and oxygen atoms in total. The minimum atomic E-state index is -0.849. The van der Waals surface area contributed by atoms with Gasteiger partial charge in [-0.1, -0.05) is 29.8 Å². The normalized spacial score (nSPS) is 16.2. The molecule has 1 aliphatic rings. The fourth-order valence-electron chi connectivity index (χ4n) is 2.20. The van der Waals surface area contributed by atoms with Crippen LogP contribution >= 0.6 is 0 Å². The topological polar surface area (TPSA) is 58.2 Å². The summed E-state index contributed by atoms with van der Waals surface area (Å²) in [4.78, 5) is 24.6. The van der Waals surface area contributed by atoms with Gasteiger partial charge in [-0.3, -0.25) is 9.59 Å². The largest absolute Gasteiger partial charge is 0.351 e. The van der Waals surface area contributed by atoms with Crippen LogP contribution in [0, 0.1) is 12.3 Å². The Morgan fingerprint density at radius 2 is 1.67 bits per heavy atom. The van der Waals surface area contributed by atoms with Crippen LogP contribution in [0.5, 0.6) is 0 Å². The van der Waals surface area contributed by atoms with Gasteiger partial charge in [-0.2, -0.15) is 0 Å². The third kappa shape index (κ3) is 3.84. The van der Waals surface area contributed by atoms with Gasteiger partial charge in [0, 0.05) is 12.1 Å². The standard InChI is InChI=1S/C17H24N2O2/c1-12-5-7-13(8-6-12)11-18-14(20)17(9-10-17)15(21)19-16(2,3)4/h5-8H,9-11H2,1-4H3,(H,18,20)(H,19,21). The number of rotatable bonds is 4. The van der Waals surface area contributed by atoms with E-state index in [2.05, 4.69) is 10.6 Å². The summed E-state index contributed by atoms with van der Waals surface area (Å²) in [6.45, 7) is 8.25. The first-order valence-electron chi connectivity index (χ1n) is 7.39. The summed E-state index contributed by atoms with van der Waals surface area (Å²) in [5.74, 6) is -0.318. The Bertz CT molecular complexity index is 537. The quantitative estimate of drug-likeness (QED) is 0.835. The molecule has 0 bridgehead atoms. The second-order valence-electron chi connectivity index (χ2n) is 6.95. The van der Waals surface area contributed by atoms with Gasteiger partial charge in [-0.05, 0) is 46.1 Å². The van der Waals surface area contributed by atoms with Crippen molar-refractivity contribution in [3.63, 3.8) is 0 Å². The molecule has 0 spiro atoms. The van der Waals surface area contributed by atoms with Crippen molar-refractivity contribution < 1.29 is 9.59 Å². The molecular formula is C17H24N2O2. The van der Waals surface area contributed by atoms with Crippen LogP contribution in [0.25, 0.3) is 0 Å². The van der Waals surface area contributed by atoms with Crippen LogP contribution in [0.2, 0.25) is 0 Å². The summed E-state index contributed by atoms with van der Waals surface area (Å²) < 4.78 is 0. The van der Waals surface area contributed by atoms with Crippen molar-refractivity contribution >= 4 is 11.8 Å². The maximum Gasteiger partial charge on any atom is 0.236 e. The van der Waals surface area contributed by atoms with Gasteiger partial charge in [0.25, 0.3) is 0 Å². The van der Waals surface area contributed by atoms with Crippen molar-refractivity contribution in [2.24, 2.45) is 5.41 Å². The Kier molecular flexibility index (Phi) is 4.08. The van der Waals surface area contributed by atoms with Crippen LogP contribution in [0.3, 0.4) is 0 Å². The van der Waals surface area contributed by atoms with Gasteiger partial charge in [0.1, 0.15) is 5.41 Å². The minimum Gasteiger partial charge on any atom is -0.351 e. The zero-order chi connectivity index (χ0) is 15.7. The Morgan fingerprint density at radius 3 is 2.14 bits per heavy atom. The number of benzene rings is 1. The Morgan fingerprint density at radius 1 is 1.10 bits per heavy atom. The average Bonchev–Trinajstić information content (AvgIpc) is 3.17. The smallest absolute Gasteiger partial charge is 0.236 e. The molecule has 0 atom stereocenters. The second-order valence-corrected chi connectivity index (χ2v) is 6.95. The molecule has 2 amide bonds. The molecule has 2 rings (SSSR count). The van der Waals surface area contributed by atoms with E-state index >= 15 is 0 Å². The molecule has 0 heterocycles. The van der Waals surface area contributed by atoms with E-state index < -0.39 is 5.41 Å². The van der Waals surface area contributed by atoms with Gasteiger partial charge in [0.15, 0.2) is 0 Å². The zero-order valence-electron chi connectivity index (χ0n) is 13.2. The molecule has 4 heteroatoms. The van der Waals surface area contributed by atoms with Gasteiger partial charge in [-0.25, -0.2) is 0 Å². The van der Waals surface area contributed by atoms with Gasteiger partial charge < -0.3 is 10.6 Å². The fraction of sp³-hybridized carbons (Fsp3) is 0.529. The van der Waals surface area contributed by atoms with E-state index in [9.17, 15) is 9.59 Å². The fourth-order valence-corrected chi connectivity index (χ4v) is 2.20. The predicted octanol–water partition coefficient (Wildman–Crippen LogP) is 2.31. The van der Waals surface area contributed by atoms with Crippen molar-refractivity contribution in [3.8, 4) is 0 Å². The zero-order valence-corrected chi connectivity index (χ0v) is 13.2. The Balaban J connectivity index is 1.93. The van der Waals surface area contributed by atoms with E-state index in [1.807, 2.05) is 52.0 Å². The molecule has 0 radical (unpaired) electrons. The summed E-state index contributed by atoms with van der Waals surface area (Å²) in [6, 6.07) is 8.01. The summed E-state index contributed by atoms with van der Waals surface area (Å²) in [5, 5.41) is 5.80. The highest BCUT2D eigenvalue weighted by molar-refractivity contribution is 6.08. The van der Waals surface area contributed by atoms with Crippen molar-refractivity contribution in [1.82, 2.24) is 10.6 Å². The molecule has 1 aliphatic carbocycles. The van der Waals surface area contributed by atoms with E-state index in [0.29, 0.717) is 19.4 Å². The van der Waals surface area contributed by atoms with Gasteiger partial charge >= 0.3 is 0 Å². The summed E-state index contributed by atoms with van der Waals surface area (Å²) in [6.07, 6.45) is 1.27. The van der Waals surface area contributed by atoms with E-state index in [1.54, 1.807) is 0 Å². The van der Waals surface area contributed by atoms with Crippen molar-refractivity contribution in [1.29, 1.82) is 0 Å². The Hall–Kier alpha value is -1.84. The lowest BCUT2D eigenvalue weighted by molar-refractivity contribution is -0.138. The first-order chi connectivity index (χ1) is 9.73. The number of hydrogen-bond donors (Lipinski definition) is 2. The highest BCUT2D eigenvalue weighted by Crippen LogP contribution is 2.46. The first-order valence-corrected chi connectivity index (χ1v) is 7.39. The van der Waals surface area contributed by atoms with Crippen LogP contribution in [0.1, 0.15) is 44.7 Å². The molecule has 0 saturated heterocycles. The molecule has 1 aromatic carbocycles. The van der Waals surface area contributed by atoms with Crippen LogP contribution in [-0.4, -0.2) is 17.4 Å². The van der Waals surface area contributed by atoms with Crippen LogP contribution in [0.4, 0.5) is 0 Å². The van der Waals surface area contributed by atoms with Crippen molar-refractivity contribution in [2.45, 2.75) is 52.6 Å². The number of aryl methyl sites for hydroxylation is 1. The molecule has 0 aromatic heterocycles. The maximum absolute atomic E-state index is 12.3. The van der Waals surface area contributed by atoms with Crippen LogP contribution in [-0.2, 0) is 16.1 Å². The molecule has 2 N–H and O–H groups in total. The highest BCUT2D eigenvalue weighted by Gasteiger charge is 2.56. The molecule has 0 aliphatic heterocycles. The maximum atomic E-state index is 12.3. The van der Waals surface area contributed by atoms with Gasteiger partial charge in [0.05, 0.1) is 0 Å². The van der Waals surface area contributed by atoms with Crippen LogP contribution in [0.15, 0.2) is 24.3 Å². The molecule has 0 unspecified atom stereocenters. The lowest BCUT2D eigenvalue weighted by Crippen LogP contribution is -2.49. The monoisotopic (exact) mass is 288 g/mol. The summed E-state index contributed by atoms with van der Waals surface area (Å²) >= 11 is 0. The first kappa shape index (κ1) is 15.5. The molecule has 1 fully saturated rings. The average molecular weight is 288 g/mol. The van der Waals surface area contributed by atoms with E-state index in [1.165, 1.54) is 5.56 Å². The van der Waals surface area contributed by atoms with Gasteiger partial charge in [-0.15, -0.1) is 0 Å². The number of hydrogen-bond acceptors (Lipinski definition) is 2. The van der Waals surface area contributed by atoms with E-state index in [0.717, 1.165) is 5.56 Å². The third-order valence-corrected chi connectivity index (χ3v) is 3.68. The number of carbonyl (C=O) groups is 2. The summed E-state index contributed by atoms with van der Waals surface area (Å²) in [7, 11) is 0. The van der Waals surface area contributed by atoms with E-state index in [4.69, 9.17) is 0 Å². The molecular weight excluding hydrogens is 264 g/mol. The highest BCUT2D eigenvalue weighted by atomic mass is 16.2. The lowest BCUT2D eigenvalue weighted by atomic mass is 10.0. The summed E-state index contributed by atoms with van der Waals surface area (Å²) in [5.41, 5.74) is 1.07. The number of nitrogens with one attached hydrogen (secondary N) is 2. The number of amides is 2. The number of carbonyl (C=O) groups excluding carboxylic acids is 2.